The average Bonchev–Trinajstić information content (AvgIpc) is 3.80. The van der Waals surface area contributed by atoms with Gasteiger partial charge in [-0.1, -0.05) is 152 Å². The molecular formula is C50H34N2S2. The van der Waals surface area contributed by atoms with Gasteiger partial charge in [0.1, 0.15) is 5.84 Å². The second-order valence-electron chi connectivity index (χ2n) is 13.5. The lowest BCUT2D eigenvalue weighted by Crippen LogP contribution is -2.19. The zero-order valence-corrected chi connectivity index (χ0v) is 31.0. The van der Waals surface area contributed by atoms with Gasteiger partial charge in [-0.25, -0.2) is 4.99 Å². The lowest BCUT2D eigenvalue weighted by Gasteiger charge is -2.15. The van der Waals surface area contributed by atoms with Crippen LogP contribution in [0.15, 0.2) is 193 Å². The number of benzene rings is 7. The van der Waals surface area contributed by atoms with E-state index in [0.717, 1.165) is 33.8 Å². The van der Waals surface area contributed by atoms with Crippen molar-refractivity contribution in [3.05, 3.63) is 210 Å². The molecule has 10 rings (SSSR count). The van der Waals surface area contributed by atoms with Crippen LogP contribution >= 0.6 is 22.7 Å². The summed E-state index contributed by atoms with van der Waals surface area (Å²) in [5, 5.41) is 11.3. The van der Waals surface area contributed by atoms with Crippen molar-refractivity contribution in [2.75, 3.05) is 0 Å². The van der Waals surface area contributed by atoms with Crippen LogP contribution in [0.2, 0.25) is 0 Å². The highest BCUT2D eigenvalue weighted by Gasteiger charge is 2.17. The first-order valence-corrected chi connectivity index (χ1v) is 19.9. The summed E-state index contributed by atoms with van der Waals surface area (Å²) in [4.78, 5) is 5.45. The summed E-state index contributed by atoms with van der Waals surface area (Å²) in [6.07, 6.45) is 12.1. The molecule has 1 aliphatic rings. The smallest absolute Gasteiger partial charge is 0.137 e. The minimum atomic E-state index is 0.714. The zero-order valence-electron chi connectivity index (χ0n) is 29.4. The lowest BCUT2D eigenvalue weighted by molar-refractivity contribution is 1.24. The highest BCUT2D eigenvalue weighted by Crippen LogP contribution is 2.42. The van der Waals surface area contributed by atoms with Crippen molar-refractivity contribution in [2.24, 2.45) is 4.99 Å². The van der Waals surface area contributed by atoms with Gasteiger partial charge in [-0.15, -0.1) is 22.7 Å². The summed E-state index contributed by atoms with van der Waals surface area (Å²) in [6, 6.07) is 56.5. The second kappa shape index (κ2) is 13.9. The third kappa shape index (κ3) is 5.86. The van der Waals surface area contributed by atoms with Crippen LogP contribution in [0.5, 0.6) is 0 Å². The summed E-state index contributed by atoms with van der Waals surface area (Å²) in [5.41, 5.74) is 7.71. The monoisotopic (exact) mass is 726 g/mol. The minimum Gasteiger partial charge on any atom is -0.346 e. The molecule has 0 unspecified atom stereocenters. The molecule has 0 saturated carbocycles. The van der Waals surface area contributed by atoms with Gasteiger partial charge in [0.2, 0.25) is 0 Å². The van der Waals surface area contributed by atoms with Gasteiger partial charge in [0.05, 0.1) is 5.70 Å². The van der Waals surface area contributed by atoms with E-state index in [2.05, 4.69) is 194 Å². The third-order valence-electron chi connectivity index (χ3n) is 10.2. The summed E-state index contributed by atoms with van der Waals surface area (Å²) in [7, 11) is 0. The zero-order chi connectivity index (χ0) is 35.8. The molecule has 2 nitrogen and oxygen atoms in total. The molecule has 256 valence electrons. The van der Waals surface area contributed by atoms with E-state index in [-0.39, 0.29) is 0 Å². The molecule has 0 bridgehead atoms. The van der Waals surface area contributed by atoms with Crippen LogP contribution in [0, 0.1) is 0 Å². The number of hydrogen-bond donors (Lipinski definition) is 1. The molecule has 9 aromatic rings. The van der Waals surface area contributed by atoms with Gasteiger partial charge in [-0.05, 0) is 69.8 Å². The Hall–Kier alpha value is -6.33. The van der Waals surface area contributed by atoms with Gasteiger partial charge in [-0.2, -0.15) is 0 Å². The molecular weight excluding hydrogens is 693 g/mol. The summed E-state index contributed by atoms with van der Waals surface area (Å²) < 4.78 is 5.16. The molecule has 54 heavy (non-hydrogen) atoms. The maximum absolute atomic E-state index is 5.45. The molecule has 4 heteroatoms. The Balaban J connectivity index is 1.25. The molecule has 7 aromatic carbocycles. The number of fused-ring (bicyclic) bond motifs is 7. The van der Waals surface area contributed by atoms with E-state index in [1.165, 1.54) is 62.2 Å². The highest BCUT2D eigenvalue weighted by atomic mass is 32.1. The van der Waals surface area contributed by atoms with Gasteiger partial charge in [0, 0.05) is 57.7 Å². The fourth-order valence-electron chi connectivity index (χ4n) is 7.69. The number of nitrogens with one attached hydrogen (secondary N) is 1. The van der Waals surface area contributed by atoms with Crippen LogP contribution in [0.25, 0.3) is 68.0 Å². The van der Waals surface area contributed by atoms with Crippen molar-refractivity contribution in [1.82, 2.24) is 5.32 Å². The molecule has 0 amide bonds. The summed E-state index contributed by atoms with van der Waals surface area (Å²) in [5.74, 6) is 0.792. The maximum atomic E-state index is 5.45. The predicted molar refractivity (Wildman–Crippen MR) is 236 cm³/mol. The van der Waals surface area contributed by atoms with E-state index in [9.17, 15) is 0 Å². The first-order chi connectivity index (χ1) is 26.8. The average molecular weight is 727 g/mol. The fourth-order valence-corrected chi connectivity index (χ4v) is 9.96. The first-order valence-electron chi connectivity index (χ1n) is 18.3. The third-order valence-corrected chi connectivity index (χ3v) is 12.5. The highest BCUT2D eigenvalue weighted by molar-refractivity contribution is 7.26. The second-order valence-corrected chi connectivity index (χ2v) is 15.6. The predicted octanol–water partition coefficient (Wildman–Crippen LogP) is 14.0. The summed E-state index contributed by atoms with van der Waals surface area (Å²) >= 11 is 3.71. The van der Waals surface area contributed by atoms with Gasteiger partial charge < -0.3 is 5.32 Å². The molecule has 0 aliphatic carbocycles. The minimum absolute atomic E-state index is 0.714. The Morgan fingerprint density at radius 3 is 1.76 bits per heavy atom. The van der Waals surface area contributed by atoms with Gasteiger partial charge >= 0.3 is 0 Å². The Kier molecular flexibility index (Phi) is 8.32. The first kappa shape index (κ1) is 32.3. The van der Waals surface area contributed by atoms with Crippen LogP contribution in [-0.2, 0) is 0 Å². The van der Waals surface area contributed by atoms with E-state index >= 15 is 0 Å². The normalized spacial score (nSPS) is 17.5. The van der Waals surface area contributed by atoms with Gasteiger partial charge in [0.25, 0.3) is 0 Å². The quantitative estimate of drug-likeness (QED) is 0.192. The van der Waals surface area contributed by atoms with Crippen molar-refractivity contribution in [3.8, 4) is 0 Å². The molecule has 0 fully saturated rings. The van der Waals surface area contributed by atoms with Crippen molar-refractivity contribution in [2.45, 2.75) is 6.42 Å². The van der Waals surface area contributed by atoms with E-state index in [1.807, 2.05) is 22.7 Å². The molecule has 0 spiro atoms. The van der Waals surface area contributed by atoms with Crippen molar-refractivity contribution < 1.29 is 0 Å². The maximum Gasteiger partial charge on any atom is 0.137 e. The molecule has 0 atom stereocenters. The molecule has 1 aliphatic heterocycles. The van der Waals surface area contributed by atoms with Crippen LogP contribution in [0.3, 0.4) is 0 Å². The SMILES string of the molecule is C1=C(/c2cccc3ccccc23)N=C(c2ccccc2)N\C=C(c2cccc3sc4ccccc4c23)/C=C(c2cccc3sc4ccccc4c23)\C=C\C/1. The molecule has 0 radical (unpaired) electrons. The number of allylic oxidation sites excluding steroid dienone is 6. The number of nitrogens with zero attached hydrogens (tertiary/aromatic N) is 1. The molecule has 0 saturated heterocycles. The van der Waals surface area contributed by atoms with E-state index < -0.39 is 0 Å². The number of thiophene rings is 2. The number of hydrogen-bond acceptors (Lipinski definition) is 4. The van der Waals surface area contributed by atoms with Crippen molar-refractivity contribution in [3.63, 3.8) is 0 Å². The van der Waals surface area contributed by atoms with Crippen molar-refractivity contribution >= 4 is 96.5 Å². The largest absolute Gasteiger partial charge is 0.346 e. The summed E-state index contributed by atoms with van der Waals surface area (Å²) in [6.45, 7) is 0. The molecule has 2 aromatic heterocycles. The van der Waals surface area contributed by atoms with Crippen molar-refractivity contribution in [1.29, 1.82) is 0 Å². The van der Waals surface area contributed by atoms with E-state index in [4.69, 9.17) is 4.99 Å². The molecule has 3 heterocycles. The van der Waals surface area contributed by atoms with Crippen LogP contribution in [-0.4, -0.2) is 5.84 Å². The topological polar surface area (TPSA) is 24.4 Å². The van der Waals surface area contributed by atoms with E-state index in [0.29, 0.717) is 6.42 Å². The van der Waals surface area contributed by atoms with E-state index in [1.54, 1.807) is 0 Å². The fraction of sp³-hybridized carbons (Fsp3) is 0.0200. The van der Waals surface area contributed by atoms with Crippen LogP contribution in [0.1, 0.15) is 28.7 Å². The Morgan fingerprint density at radius 1 is 0.481 bits per heavy atom. The Labute approximate surface area is 322 Å². The van der Waals surface area contributed by atoms with Crippen LogP contribution < -0.4 is 5.32 Å². The van der Waals surface area contributed by atoms with Gasteiger partial charge in [0.15, 0.2) is 0 Å². The number of amidine groups is 1. The van der Waals surface area contributed by atoms with Gasteiger partial charge in [-0.3, -0.25) is 0 Å². The Bertz CT molecular complexity index is 3040. The number of aliphatic imine (C=N–C) groups is 1. The lowest BCUT2D eigenvalue weighted by atomic mass is 9.93. The number of rotatable bonds is 4. The Morgan fingerprint density at radius 2 is 1.04 bits per heavy atom. The van der Waals surface area contributed by atoms with Crippen LogP contribution in [0.4, 0.5) is 0 Å². The molecule has 1 N–H and O–H groups in total. The standard InChI is InChI=1S/C50H34N2S2/c1-2-16-34(17-3-1)50-51-32-36(39-24-14-30-47-49(39)42-22-8-11-28-45(42)54-47)31-35(38-23-13-29-46-48(38)41-21-7-10-27-44(41)53-46)18-5-9-26-43(52-50)40-25-12-19-33-15-4-6-20-37(33)40/h1-8,10-32H,9H2,(H,51,52)/b18-5+,35-31+,36-32+,43-26-.